The Bertz CT molecular complexity index is 704. The van der Waals surface area contributed by atoms with Crippen molar-refractivity contribution < 1.29 is 18.0 Å². The number of rotatable bonds is 4. The summed E-state index contributed by atoms with van der Waals surface area (Å²) >= 11 is 0. The lowest BCUT2D eigenvalue weighted by Gasteiger charge is -2.16. The van der Waals surface area contributed by atoms with Crippen LogP contribution in [0.3, 0.4) is 0 Å². The van der Waals surface area contributed by atoms with Crippen LogP contribution in [0.25, 0.3) is 0 Å². The van der Waals surface area contributed by atoms with E-state index in [-0.39, 0.29) is 5.69 Å². The summed E-state index contributed by atoms with van der Waals surface area (Å²) in [5, 5.41) is 5.08. The molecule has 22 heavy (non-hydrogen) atoms. The SMILES string of the molecule is Cc1ccc(N[C@@H](C)C(=O)Nc2cc(F)ccc2F)cc1F. The van der Waals surface area contributed by atoms with E-state index < -0.39 is 29.4 Å². The molecule has 0 aliphatic heterocycles. The van der Waals surface area contributed by atoms with E-state index in [2.05, 4.69) is 10.6 Å². The molecule has 0 spiro atoms. The number of carbonyl (C=O) groups is 1. The van der Waals surface area contributed by atoms with Gasteiger partial charge >= 0.3 is 0 Å². The van der Waals surface area contributed by atoms with Crippen molar-refractivity contribution in [3.05, 3.63) is 59.4 Å². The third-order valence-corrected chi connectivity index (χ3v) is 3.13. The number of hydrogen-bond acceptors (Lipinski definition) is 2. The topological polar surface area (TPSA) is 41.1 Å². The second-order valence-electron chi connectivity index (χ2n) is 4.94. The fourth-order valence-corrected chi connectivity index (χ4v) is 1.83. The Hall–Kier alpha value is -2.50. The molecule has 6 heteroatoms. The van der Waals surface area contributed by atoms with Crippen LogP contribution in [0.15, 0.2) is 36.4 Å². The summed E-state index contributed by atoms with van der Waals surface area (Å²) in [6, 6.07) is 6.50. The monoisotopic (exact) mass is 308 g/mol. The second-order valence-corrected chi connectivity index (χ2v) is 4.94. The van der Waals surface area contributed by atoms with Crippen LogP contribution in [-0.4, -0.2) is 11.9 Å². The van der Waals surface area contributed by atoms with E-state index in [4.69, 9.17) is 0 Å². The van der Waals surface area contributed by atoms with E-state index in [1.165, 1.54) is 13.0 Å². The molecule has 116 valence electrons. The van der Waals surface area contributed by atoms with Gasteiger partial charge in [-0.2, -0.15) is 0 Å². The second kappa shape index (κ2) is 6.51. The van der Waals surface area contributed by atoms with Gasteiger partial charge in [0.2, 0.25) is 5.91 Å². The largest absolute Gasteiger partial charge is 0.374 e. The van der Waals surface area contributed by atoms with Crippen LogP contribution in [0, 0.1) is 24.4 Å². The van der Waals surface area contributed by atoms with E-state index in [0.717, 1.165) is 18.2 Å². The van der Waals surface area contributed by atoms with Crippen molar-refractivity contribution in [2.24, 2.45) is 0 Å². The number of benzene rings is 2. The van der Waals surface area contributed by atoms with E-state index in [0.29, 0.717) is 11.3 Å². The van der Waals surface area contributed by atoms with Gasteiger partial charge in [0.05, 0.1) is 5.69 Å². The van der Waals surface area contributed by atoms with E-state index in [9.17, 15) is 18.0 Å². The summed E-state index contributed by atoms with van der Waals surface area (Å²) in [6.07, 6.45) is 0. The minimum Gasteiger partial charge on any atom is -0.374 e. The molecule has 0 bridgehead atoms. The summed E-state index contributed by atoms with van der Waals surface area (Å²) in [6.45, 7) is 3.16. The molecule has 1 atom stereocenters. The molecular weight excluding hydrogens is 293 g/mol. The molecule has 2 rings (SSSR count). The van der Waals surface area contributed by atoms with Crippen molar-refractivity contribution in [1.29, 1.82) is 0 Å². The molecule has 0 heterocycles. The maximum atomic E-state index is 13.5. The Morgan fingerprint density at radius 2 is 1.77 bits per heavy atom. The molecule has 0 aliphatic carbocycles. The zero-order valence-electron chi connectivity index (χ0n) is 12.1. The lowest BCUT2D eigenvalue weighted by molar-refractivity contribution is -0.116. The first-order valence-electron chi connectivity index (χ1n) is 6.65. The van der Waals surface area contributed by atoms with Gasteiger partial charge < -0.3 is 10.6 Å². The van der Waals surface area contributed by atoms with Gasteiger partial charge in [-0.1, -0.05) is 6.07 Å². The fourth-order valence-electron chi connectivity index (χ4n) is 1.83. The molecular formula is C16H15F3N2O. The number of amides is 1. The van der Waals surface area contributed by atoms with Gasteiger partial charge in [-0.15, -0.1) is 0 Å². The van der Waals surface area contributed by atoms with E-state index >= 15 is 0 Å². The molecule has 2 aromatic rings. The Labute approximate surface area is 126 Å². The molecule has 0 saturated carbocycles. The van der Waals surface area contributed by atoms with Crippen LogP contribution in [0.2, 0.25) is 0 Å². The van der Waals surface area contributed by atoms with Crippen LogP contribution in [0.4, 0.5) is 24.5 Å². The molecule has 0 fully saturated rings. The van der Waals surface area contributed by atoms with Crippen LogP contribution in [-0.2, 0) is 4.79 Å². The summed E-state index contributed by atoms with van der Waals surface area (Å²) < 4.78 is 40.0. The van der Waals surface area contributed by atoms with Gasteiger partial charge in [0.25, 0.3) is 0 Å². The van der Waals surface area contributed by atoms with Crippen LogP contribution in [0.5, 0.6) is 0 Å². The number of aryl methyl sites for hydroxylation is 1. The Morgan fingerprint density at radius 3 is 2.45 bits per heavy atom. The number of halogens is 3. The average Bonchev–Trinajstić information content (AvgIpc) is 2.46. The molecule has 0 aromatic heterocycles. The van der Waals surface area contributed by atoms with Crippen molar-refractivity contribution in [2.75, 3.05) is 10.6 Å². The highest BCUT2D eigenvalue weighted by Crippen LogP contribution is 2.17. The standard InChI is InChI=1S/C16H15F3N2O/c1-9-3-5-12(8-14(9)19)20-10(2)16(22)21-15-7-11(17)4-6-13(15)18/h3-8,10,20H,1-2H3,(H,21,22)/t10-/m0/s1. The van der Waals surface area contributed by atoms with Crippen molar-refractivity contribution >= 4 is 17.3 Å². The summed E-state index contributed by atoms with van der Waals surface area (Å²) in [7, 11) is 0. The normalized spacial score (nSPS) is 11.9. The highest BCUT2D eigenvalue weighted by molar-refractivity contribution is 5.96. The van der Waals surface area contributed by atoms with Gasteiger partial charge in [0, 0.05) is 11.8 Å². The number of anilines is 2. The minimum atomic E-state index is -0.759. The predicted octanol–water partition coefficient (Wildman–Crippen LogP) is 3.85. The first kappa shape index (κ1) is 15.9. The van der Waals surface area contributed by atoms with Gasteiger partial charge in [0.15, 0.2) is 0 Å². The highest BCUT2D eigenvalue weighted by Gasteiger charge is 2.15. The predicted molar refractivity (Wildman–Crippen MR) is 79.2 cm³/mol. The van der Waals surface area contributed by atoms with Crippen molar-refractivity contribution in [3.63, 3.8) is 0 Å². The van der Waals surface area contributed by atoms with Crippen molar-refractivity contribution in [1.82, 2.24) is 0 Å². The fraction of sp³-hybridized carbons (Fsp3) is 0.188. The molecule has 1 amide bonds. The molecule has 0 unspecified atom stereocenters. The van der Waals surface area contributed by atoms with Crippen molar-refractivity contribution in [3.8, 4) is 0 Å². The van der Waals surface area contributed by atoms with Gasteiger partial charge in [-0.25, -0.2) is 13.2 Å². The lowest BCUT2D eigenvalue weighted by atomic mass is 10.2. The Morgan fingerprint density at radius 1 is 1.05 bits per heavy atom. The maximum Gasteiger partial charge on any atom is 0.246 e. The van der Waals surface area contributed by atoms with Crippen LogP contribution in [0.1, 0.15) is 12.5 Å². The van der Waals surface area contributed by atoms with Gasteiger partial charge in [-0.05, 0) is 43.7 Å². The third kappa shape index (κ3) is 3.78. The molecule has 2 aromatic carbocycles. The molecule has 0 aliphatic rings. The molecule has 2 N–H and O–H groups in total. The number of nitrogens with one attached hydrogen (secondary N) is 2. The Balaban J connectivity index is 2.05. The maximum absolute atomic E-state index is 13.5. The molecule has 0 saturated heterocycles. The third-order valence-electron chi connectivity index (χ3n) is 3.13. The summed E-state index contributed by atoms with van der Waals surface area (Å²) in [5.74, 6) is -2.35. The lowest BCUT2D eigenvalue weighted by Crippen LogP contribution is -2.32. The Kier molecular flexibility index (Phi) is 4.70. The van der Waals surface area contributed by atoms with E-state index in [1.54, 1.807) is 19.1 Å². The average molecular weight is 308 g/mol. The molecule has 0 radical (unpaired) electrons. The zero-order chi connectivity index (χ0) is 16.3. The van der Waals surface area contributed by atoms with Crippen LogP contribution >= 0.6 is 0 Å². The number of carbonyl (C=O) groups excluding carboxylic acids is 1. The van der Waals surface area contributed by atoms with Crippen LogP contribution < -0.4 is 10.6 Å². The zero-order valence-corrected chi connectivity index (χ0v) is 12.1. The van der Waals surface area contributed by atoms with Gasteiger partial charge in [-0.3, -0.25) is 4.79 Å². The minimum absolute atomic E-state index is 0.242. The van der Waals surface area contributed by atoms with Crippen molar-refractivity contribution in [2.45, 2.75) is 19.9 Å². The quantitative estimate of drug-likeness (QED) is 0.900. The highest BCUT2D eigenvalue weighted by atomic mass is 19.1. The van der Waals surface area contributed by atoms with Gasteiger partial charge in [0.1, 0.15) is 23.5 Å². The first-order valence-corrected chi connectivity index (χ1v) is 6.65. The summed E-state index contributed by atoms with van der Waals surface area (Å²) in [5.41, 5.74) is 0.670. The molecule has 3 nitrogen and oxygen atoms in total. The smallest absolute Gasteiger partial charge is 0.246 e. The summed E-state index contributed by atoms with van der Waals surface area (Å²) in [4.78, 5) is 12.0. The first-order chi connectivity index (χ1) is 10.4. The van der Waals surface area contributed by atoms with E-state index in [1.807, 2.05) is 0 Å². The number of hydrogen-bond donors (Lipinski definition) is 2.